The van der Waals surface area contributed by atoms with E-state index in [2.05, 4.69) is 4.98 Å². The van der Waals surface area contributed by atoms with E-state index in [0.717, 1.165) is 0 Å². The molecule has 0 saturated carbocycles. The molecule has 0 N–H and O–H groups in total. The van der Waals surface area contributed by atoms with Crippen LogP contribution in [0.4, 0.5) is 0 Å². The zero-order chi connectivity index (χ0) is 6.69. The first-order valence-corrected chi connectivity index (χ1v) is 2.05. The van der Waals surface area contributed by atoms with Crippen LogP contribution in [-0.2, 0) is 0 Å². The summed E-state index contributed by atoms with van der Waals surface area (Å²) in [5.74, 6) is 0. The molecule has 1 heteroatoms. The summed E-state index contributed by atoms with van der Waals surface area (Å²) >= 11 is 0. The van der Waals surface area contributed by atoms with Crippen molar-refractivity contribution < 1.29 is 2.74 Å². The van der Waals surface area contributed by atoms with Gasteiger partial charge in [0.25, 0.3) is 0 Å². The third-order valence-electron chi connectivity index (χ3n) is 0.706. The fourth-order valence-electron chi connectivity index (χ4n) is 0.363. The monoisotopic (exact) mass is 95.1 g/mol. The largest absolute Gasteiger partial charge is 0.265 e. The van der Waals surface area contributed by atoms with Gasteiger partial charge in [-0.25, -0.2) is 0 Å². The highest BCUT2D eigenvalue weighted by Crippen LogP contribution is 1.88. The number of nitrogens with zero attached hydrogens (tertiary/aromatic N) is 1. The fourth-order valence-corrected chi connectivity index (χ4v) is 0.363. The first kappa shape index (κ1) is 2.46. The van der Waals surface area contributed by atoms with Gasteiger partial charge in [-0.1, -0.05) is 0 Å². The minimum absolute atomic E-state index is 0.685. The van der Waals surface area contributed by atoms with Gasteiger partial charge in [-0.05, 0) is 24.6 Å². The van der Waals surface area contributed by atoms with E-state index in [-0.39, 0.29) is 0 Å². The smallest absolute Gasteiger partial charge is 0.0280 e. The number of hydrogen-bond acceptors (Lipinski definition) is 1. The Bertz CT molecular complexity index is 174. The molecule has 0 unspecified atom stereocenters. The maximum atomic E-state index is 6.96. The molecule has 0 atom stereocenters. The molecule has 36 valence electrons. The predicted molar refractivity (Wildman–Crippen MR) is 29.0 cm³/mol. The average molecular weight is 95.1 g/mol. The number of pyridine rings is 1. The second kappa shape index (κ2) is 1.73. The normalized spacial score (nSPS) is 13.3. The third kappa shape index (κ3) is 1.000. The summed E-state index contributed by atoms with van der Waals surface area (Å²) in [6.45, 7) is -0.881. The van der Waals surface area contributed by atoms with Gasteiger partial charge in [-0.3, -0.25) is 4.98 Å². The molecule has 0 spiro atoms. The van der Waals surface area contributed by atoms with Crippen molar-refractivity contribution in [1.29, 1.82) is 0 Å². The Morgan fingerprint density at radius 1 is 1.57 bits per heavy atom. The lowest BCUT2D eigenvalue weighted by molar-refractivity contribution is 1.29. The van der Waals surface area contributed by atoms with Gasteiger partial charge in [0.05, 0.1) is 0 Å². The molecule has 0 saturated heterocycles. The van der Waals surface area contributed by atoms with Gasteiger partial charge in [-0.15, -0.1) is 0 Å². The average Bonchev–Trinajstić information content (AvgIpc) is 1.90. The van der Waals surface area contributed by atoms with Crippen LogP contribution < -0.4 is 0 Å². The van der Waals surface area contributed by atoms with E-state index in [9.17, 15) is 0 Å². The van der Waals surface area contributed by atoms with Crippen molar-refractivity contribution in [2.24, 2.45) is 0 Å². The van der Waals surface area contributed by atoms with E-state index >= 15 is 0 Å². The molecule has 1 rings (SSSR count). The summed E-state index contributed by atoms with van der Waals surface area (Å²) in [6, 6.07) is 3.34. The molecule has 1 heterocycles. The number of rotatable bonds is 0. The molecule has 0 aliphatic carbocycles. The van der Waals surface area contributed by atoms with E-state index in [1.54, 1.807) is 24.5 Å². The zero-order valence-electron chi connectivity index (χ0n) is 5.83. The van der Waals surface area contributed by atoms with Crippen LogP contribution in [0.2, 0.25) is 0 Å². The highest BCUT2D eigenvalue weighted by molar-refractivity contribution is 5.05. The van der Waals surface area contributed by atoms with Crippen LogP contribution in [0.1, 0.15) is 8.30 Å². The summed E-state index contributed by atoms with van der Waals surface area (Å²) in [5, 5.41) is 0. The predicted octanol–water partition coefficient (Wildman–Crippen LogP) is 1.39. The molecule has 0 aromatic carbocycles. The Balaban J connectivity index is 2.85. The van der Waals surface area contributed by atoms with Gasteiger partial charge in [0.2, 0.25) is 0 Å². The van der Waals surface area contributed by atoms with Crippen LogP contribution in [0.5, 0.6) is 0 Å². The van der Waals surface area contributed by atoms with E-state index in [1.807, 2.05) is 0 Å². The molecule has 0 aliphatic rings. The van der Waals surface area contributed by atoms with Crippen LogP contribution in [0.3, 0.4) is 0 Å². The fraction of sp³-hybridized carbons (Fsp3) is 0.167. The van der Waals surface area contributed by atoms with Crippen molar-refractivity contribution in [3.63, 3.8) is 0 Å². The van der Waals surface area contributed by atoms with Gasteiger partial charge in [0.1, 0.15) is 0 Å². The lowest BCUT2D eigenvalue weighted by atomic mass is 10.3. The molecule has 0 radical (unpaired) electrons. The van der Waals surface area contributed by atoms with Gasteiger partial charge >= 0.3 is 0 Å². The molecule has 0 fully saturated rings. The van der Waals surface area contributed by atoms with Gasteiger partial charge in [-0.2, -0.15) is 0 Å². The van der Waals surface area contributed by atoms with Crippen molar-refractivity contribution >= 4 is 0 Å². The second-order valence-electron chi connectivity index (χ2n) is 1.28. The van der Waals surface area contributed by atoms with Crippen LogP contribution in [-0.4, -0.2) is 4.98 Å². The Hall–Kier alpha value is -0.850. The van der Waals surface area contributed by atoms with E-state index in [0.29, 0.717) is 5.56 Å². The van der Waals surface area contributed by atoms with E-state index in [4.69, 9.17) is 2.74 Å². The molecular weight excluding hydrogens is 86.1 g/mol. The summed E-state index contributed by atoms with van der Waals surface area (Å²) in [6.07, 6.45) is 3.18. The van der Waals surface area contributed by atoms with E-state index < -0.39 is 6.88 Å². The Labute approximate surface area is 45.8 Å². The van der Waals surface area contributed by atoms with Gasteiger partial charge in [0.15, 0.2) is 0 Å². The van der Waals surface area contributed by atoms with Crippen molar-refractivity contribution in [2.45, 2.75) is 6.88 Å². The Morgan fingerprint density at radius 3 is 2.71 bits per heavy atom. The van der Waals surface area contributed by atoms with Crippen LogP contribution >= 0.6 is 0 Å². The quantitative estimate of drug-likeness (QED) is 0.474. The molecular formula is C6H7N. The maximum absolute atomic E-state index is 6.96. The lowest BCUT2D eigenvalue weighted by Crippen LogP contribution is -1.68. The lowest BCUT2D eigenvalue weighted by Gasteiger charge is -1.82. The topological polar surface area (TPSA) is 12.9 Å². The van der Waals surface area contributed by atoms with E-state index in [1.165, 1.54) is 0 Å². The summed E-state index contributed by atoms with van der Waals surface area (Å²) in [7, 11) is 0. The standard InChI is InChI=1S/C6H7N/c1-6-2-4-7-5-3-6/h2-5H,1H3/i1D2. The number of aromatic nitrogens is 1. The Kier molecular flexibility index (Phi) is 0.609. The number of hydrogen-bond donors (Lipinski definition) is 0. The zero-order valence-corrected chi connectivity index (χ0v) is 3.83. The second-order valence-corrected chi connectivity index (χ2v) is 1.28. The molecule has 0 bridgehead atoms. The molecule has 0 aliphatic heterocycles. The highest BCUT2D eigenvalue weighted by atomic mass is 14.6. The van der Waals surface area contributed by atoms with Crippen molar-refractivity contribution in [1.82, 2.24) is 4.98 Å². The molecule has 1 aromatic rings. The summed E-state index contributed by atoms with van der Waals surface area (Å²) in [4.78, 5) is 3.76. The van der Waals surface area contributed by atoms with Crippen molar-refractivity contribution in [3.05, 3.63) is 30.1 Å². The van der Waals surface area contributed by atoms with Crippen LogP contribution in [0.15, 0.2) is 24.5 Å². The van der Waals surface area contributed by atoms with Crippen LogP contribution in [0, 0.1) is 6.88 Å². The minimum atomic E-state index is -0.881. The highest BCUT2D eigenvalue weighted by Gasteiger charge is 1.72. The summed E-state index contributed by atoms with van der Waals surface area (Å²) < 4.78 is 13.9. The molecule has 0 amide bonds. The first-order chi connectivity index (χ1) is 4.30. The maximum Gasteiger partial charge on any atom is 0.0280 e. The number of aryl methyl sites for hydroxylation is 1. The van der Waals surface area contributed by atoms with Crippen molar-refractivity contribution in [3.8, 4) is 0 Å². The molecule has 1 aromatic heterocycles. The molecule has 1 nitrogen and oxygen atoms in total. The van der Waals surface area contributed by atoms with Gasteiger partial charge < -0.3 is 0 Å². The van der Waals surface area contributed by atoms with Crippen LogP contribution in [0.25, 0.3) is 0 Å². The Morgan fingerprint density at radius 2 is 2.29 bits per heavy atom. The third-order valence-corrected chi connectivity index (χ3v) is 0.706. The SMILES string of the molecule is [2H]C([2H])c1ccncc1. The van der Waals surface area contributed by atoms with Gasteiger partial charge in [0, 0.05) is 15.1 Å². The molecule has 7 heavy (non-hydrogen) atoms. The minimum Gasteiger partial charge on any atom is -0.265 e. The summed E-state index contributed by atoms with van der Waals surface area (Å²) in [5.41, 5.74) is 0.685. The van der Waals surface area contributed by atoms with Crippen molar-refractivity contribution in [2.75, 3.05) is 0 Å². The first-order valence-electron chi connectivity index (χ1n) is 3.20.